The number of hydrogen-bond acceptors (Lipinski definition) is 3. The highest BCUT2D eigenvalue weighted by Crippen LogP contribution is 2.31. The second-order valence-electron chi connectivity index (χ2n) is 4.82. The van der Waals surface area contributed by atoms with Crippen molar-refractivity contribution in [3.63, 3.8) is 0 Å². The molecule has 0 unspecified atom stereocenters. The zero-order valence-electron chi connectivity index (χ0n) is 12.1. The van der Waals surface area contributed by atoms with Crippen molar-refractivity contribution in [1.29, 1.82) is 0 Å². The lowest BCUT2D eigenvalue weighted by molar-refractivity contribution is 0.414. The van der Waals surface area contributed by atoms with Gasteiger partial charge in [0.05, 0.1) is 18.5 Å². The molecule has 0 saturated heterocycles. The zero-order valence-corrected chi connectivity index (χ0v) is 12.1. The molecule has 0 spiro atoms. The van der Waals surface area contributed by atoms with Gasteiger partial charge in [-0.1, -0.05) is 30.3 Å². The van der Waals surface area contributed by atoms with Crippen molar-refractivity contribution >= 4 is 5.82 Å². The predicted octanol–water partition coefficient (Wildman–Crippen LogP) is 3.44. The van der Waals surface area contributed by atoms with Gasteiger partial charge in [-0.2, -0.15) is 5.10 Å². The quantitative estimate of drug-likeness (QED) is 0.799. The second-order valence-corrected chi connectivity index (χ2v) is 4.82. The van der Waals surface area contributed by atoms with Crippen LogP contribution in [0.1, 0.15) is 5.69 Å². The molecule has 4 nitrogen and oxygen atoms in total. The average Bonchev–Trinajstić information content (AvgIpc) is 2.83. The van der Waals surface area contributed by atoms with E-state index in [0.717, 1.165) is 28.3 Å². The standard InChI is InChI=1S/C17H17N3O/c1-12-16(13-6-4-3-5-7-13)17(18)20(19-12)14-8-10-15(21-2)11-9-14/h3-11H,18H2,1-2H3. The molecule has 1 heterocycles. The van der Waals surface area contributed by atoms with Gasteiger partial charge in [0.25, 0.3) is 0 Å². The zero-order chi connectivity index (χ0) is 14.8. The number of rotatable bonds is 3. The Morgan fingerprint density at radius 1 is 1.00 bits per heavy atom. The molecule has 3 rings (SSSR count). The van der Waals surface area contributed by atoms with E-state index >= 15 is 0 Å². The number of aromatic nitrogens is 2. The second kappa shape index (κ2) is 5.32. The SMILES string of the molecule is COc1ccc(-n2nc(C)c(-c3ccccc3)c2N)cc1. The summed E-state index contributed by atoms with van der Waals surface area (Å²) in [5.41, 5.74) is 10.2. The van der Waals surface area contributed by atoms with E-state index in [9.17, 15) is 0 Å². The summed E-state index contributed by atoms with van der Waals surface area (Å²) in [4.78, 5) is 0. The normalized spacial score (nSPS) is 10.6. The monoisotopic (exact) mass is 279 g/mol. The van der Waals surface area contributed by atoms with Crippen LogP contribution < -0.4 is 10.5 Å². The van der Waals surface area contributed by atoms with Crippen LogP contribution in [0.2, 0.25) is 0 Å². The van der Waals surface area contributed by atoms with Crippen LogP contribution in [-0.4, -0.2) is 16.9 Å². The minimum atomic E-state index is 0.642. The Bertz CT molecular complexity index is 746. The van der Waals surface area contributed by atoms with Crippen molar-refractivity contribution in [3.8, 4) is 22.6 Å². The van der Waals surface area contributed by atoms with Crippen molar-refractivity contribution in [1.82, 2.24) is 9.78 Å². The molecule has 2 aromatic carbocycles. The summed E-state index contributed by atoms with van der Waals surface area (Å²) >= 11 is 0. The number of hydrogen-bond donors (Lipinski definition) is 1. The number of aryl methyl sites for hydroxylation is 1. The fourth-order valence-corrected chi connectivity index (χ4v) is 2.43. The fraction of sp³-hybridized carbons (Fsp3) is 0.118. The van der Waals surface area contributed by atoms with Crippen LogP contribution in [0.3, 0.4) is 0 Å². The minimum Gasteiger partial charge on any atom is -0.497 e. The smallest absolute Gasteiger partial charge is 0.135 e. The Morgan fingerprint density at radius 3 is 2.29 bits per heavy atom. The molecule has 106 valence electrons. The number of nitrogen functional groups attached to an aromatic ring is 1. The Labute approximate surface area is 123 Å². The van der Waals surface area contributed by atoms with Crippen molar-refractivity contribution in [2.75, 3.05) is 12.8 Å². The van der Waals surface area contributed by atoms with E-state index in [4.69, 9.17) is 10.5 Å². The van der Waals surface area contributed by atoms with Crippen molar-refractivity contribution in [3.05, 3.63) is 60.3 Å². The summed E-state index contributed by atoms with van der Waals surface area (Å²) in [6.45, 7) is 1.97. The van der Waals surface area contributed by atoms with E-state index in [0.29, 0.717) is 5.82 Å². The molecule has 0 saturated carbocycles. The van der Waals surface area contributed by atoms with Crippen molar-refractivity contribution in [2.24, 2.45) is 0 Å². The Hall–Kier alpha value is -2.75. The maximum Gasteiger partial charge on any atom is 0.135 e. The van der Waals surface area contributed by atoms with Crippen LogP contribution in [0, 0.1) is 6.92 Å². The van der Waals surface area contributed by atoms with Gasteiger partial charge in [0, 0.05) is 5.56 Å². The molecule has 0 bridgehead atoms. The van der Waals surface area contributed by atoms with Crippen molar-refractivity contribution < 1.29 is 4.74 Å². The molecule has 2 N–H and O–H groups in total. The summed E-state index contributed by atoms with van der Waals surface area (Å²) in [7, 11) is 1.65. The van der Waals surface area contributed by atoms with Crippen LogP contribution in [0.5, 0.6) is 5.75 Å². The molecular weight excluding hydrogens is 262 g/mol. The van der Waals surface area contributed by atoms with Crippen LogP contribution in [0.25, 0.3) is 16.8 Å². The molecule has 0 amide bonds. The summed E-state index contributed by atoms with van der Waals surface area (Å²) in [5, 5.41) is 4.56. The first kappa shape index (κ1) is 13.2. The Balaban J connectivity index is 2.09. The minimum absolute atomic E-state index is 0.642. The van der Waals surface area contributed by atoms with E-state index in [1.54, 1.807) is 11.8 Å². The molecule has 0 radical (unpaired) electrons. The molecule has 0 aliphatic rings. The van der Waals surface area contributed by atoms with Crippen LogP contribution >= 0.6 is 0 Å². The van der Waals surface area contributed by atoms with E-state index in [-0.39, 0.29) is 0 Å². The van der Waals surface area contributed by atoms with Crippen LogP contribution in [-0.2, 0) is 0 Å². The lowest BCUT2D eigenvalue weighted by atomic mass is 10.1. The summed E-state index contributed by atoms with van der Waals surface area (Å²) in [6.07, 6.45) is 0. The van der Waals surface area contributed by atoms with E-state index in [1.165, 1.54) is 0 Å². The first-order chi connectivity index (χ1) is 10.2. The van der Waals surface area contributed by atoms with Gasteiger partial charge in [-0.15, -0.1) is 0 Å². The lowest BCUT2D eigenvalue weighted by Crippen LogP contribution is -2.02. The number of nitrogens with zero attached hydrogens (tertiary/aromatic N) is 2. The summed E-state index contributed by atoms with van der Waals surface area (Å²) < 4.78 is 6.93. The molecule has 0 atom stereocenters. The van der Waals surface area contributed by atoms with Gasteiger partial charge in [0.2, 0.25) is 0 Å². The molecule has 3 aromatic rings. The van der Waals surface area contributed by atoms with Gasteiger partial charge >= 0.3 is 0 Å². The van der Waals surface area contributed by atoms with E-state index in [1.807, 2.05) is 61.5 Å². The first-order valence-electron chi connectivity index (χ1n) is 6.75. The number of ether oxygens (including phenoxy) is 1. The third-order valence-electron chi connectivity index (χ3n) is 3.48. The van der Waals surface area contributed by atoms with Crippen LogP contribution in [0.4, 0.5) is 5.82 Å². The highest BCUT2D eigenvalue weighted by molar-refractivity contribution is 5.77. The third kappa shape index (κ3) is 2.36. The molecule has 0 aliphatic carbocycles. The molecule has 0 aliphatic heterocycles. The van der Waals surface area contributed by atoms with Gasteiger partial charge in [-0.3, -0.25) is 0 Å². The van der Waals surface area contributed by atoms with E-state index < -0.39 is 0 Å². The number of anilines is 1. The molecule has 1 aromatic heterocycles. The van der Waals surface area contributed by atoms with Gasteiger partial charge in [0.15, 0.2) is 0 Å². The number of benzene rings is 2. The van der Waals surface area contributed by atoms with E-state index in [2.05, 4.69) is 5.10 Å². The van der Waals surface area contributed by atoms with Gasteiger partial charge < -0.3 is 10.5 Å². The maximum absolute atomic E-state index is 6.31. The largest absolute Gasteiger partial charge is 0.497 e. The maximum atomic E-state index is 6.31. The highest BCUT2D eigenvalue weighted by atomic mass is 16.5. The van der Waals surface area contributed by atoms with Gasteiger partial charge in [0.1, 0.15) is 11.6 Å². The molecule has 21 heavy (non-hydrogen) atoms. The van der Waals surface area contributed by atoms with Gasteiger partial charge in [-0.05, 0) is 36.8 Å². The molecule has 0 fully saturated rings. The predicted molar refractivity (Wildman–Crippen MR) is 84.7 cm³/mol. The molecule has 4 heteroatoms. The third-order valence-corrected chi connectivity index (χ3v) is 3.48. The molecular formula is C17H17N3O. The first-order valence-corrected chi connectivity index (χ1v) is 6.75. The Kier molecular flexibility index (Phi) is 3.36. The number of methoxy groups -OCH3 is 1. The topological polar surface area (TPSA) is 53.1 Å². The van der Waals surface area contributed by atoms with Gasteiger partial charge in [-0.25, -0.2) is 4.68 Å². The number of nitrogens with two attached hydrogens (primary N) is 1. The fourth-order valence-electron chi connectivity index (χ4n) is 2.43. The summed E-state index contributed by atoms with van der Waals surface area (Å²) in [6, 6.07) is 17.7. The highest BCUT2D eigenvalue weighted by Gasteiger charge is 2.15. The van der Waals surface area contributed by atoms with Crippen molar-refractivity contribution in [2.45, 2.75) is 6.92 Å². The summed E-state index contributed by atoms with van der Waals surface area (Å²) in [5.74, 6) is 1.45. The average molecular weight is 279 g/mol. The van der Waals surface area contributed by atoms with Crippen LogP contribution in [0.15, 0.2) is 54.6 Å². The Morgan fingerprint density at radius 2 is 1.67 bits per heavy atom. The lowest BCUT2D eigenvalue weighted by Gasteiger charge is -2.06.